The maximum atomic E-state index is 11.2. The van der Waals surface area contributed by atoms with E-state index in [0.717, 1.165) is 0 Å². The maximum absolute atomic E-state index is 11.2. The molecule has 0 saturated heterocycles. The Labute approximate surface area is 92.8 Å². The van der Waals surface area contributed by atoms with Crippen molar-refractivity contribution in [2.45, 2.75) is 0 Å². The number of rotatable bonds is 4. The number of nitrogens with zero attached hydrogens (tertiary/aromatic N) is 1. The van der Waals surface area contributed by atoms with Gasteiger partial charge in [0.1, 0.15) is 5.82 Å². The van der Waals surface area contributed by atoms with Crippen LogP contribution in [0, 0.1) is 0 Å². The molecular weight excluding hydrogens is 218 g/mol. The van der Waals surface area contributed by atoms with Gasteiger partial charge in [-0.05, 0) is 12.1 Å². The molecule has 1 rings (SSSR count). The van der Waals surface area contributed by atoms with Crippen molar-refractivity contribution >= 4 is 23.4 Å². The van der Waals surface area contributed by atoms with Crippen molar-refractivity contribution in [2.75, 3.05) is 25.6 Å². The molecule has 1 heterocycles. The third kappa shape index (κ3) is 4.62. The highest BCUT2D eigenvalue weighted by molar-refractivity contribution is 6.30. The smallest absolute Gasteiger partial charge is 0.320 e. The lowest BCUT2D eigenvalue weighted by Gasteiger charge is -2.06. The van der Waals surface area contributed by atoms with E-state index in [4.69, 9.17) is 16.3 Å². The summed E-state index contributed by atoms with van der Waals surface area (Å²) in [6, 6.07) is 2.87. The number of nitrogens with one attached hydrogen (secondary N) is 2. The van der Waals surface area contributed by atoms with Gasteiger partial charge in [0.15, 0.2) is 0 Å². The molecule has 0 saturated carbocycles. The van der Waals surface area contributed by atoms with Crippen LogP contribution in [0.5, 0.6) is 0 Å². The van der Waals surface area contributed by atoms with Crippen LogP contribution in [0.4, 0.5) is 10.6 Å². The summed E-state index contributed by atoms with van der Waals surface area (Å²) in [6.07, 6.45) is 1.52. The average Bonchev–Trinajstić information content (AvgIpc) is 2.18. The van der Waals surface area contributed by atoms with E-state index < -0.39 is 0 Å². The Balaban J connectivity index is 2.37. The molecule has 0 aromatic carbocycles. The summed E-state index contributed by atoms with van der Waals surface area (Å²) in [5.41, 5.74) is 0. The van der Waals surface area contributed by atoms with E-state index in [1.807, 2.05) is 0 Å². The molecule has 82 valence electrons. The van der Waals surface area contributed by atoms with Crippen molar-refractivity contribution in [3.63, 3.8) is 0 Å². The van der Waals surface area contributed by atoms with Crippen LogP contribution >= 0.6 is 11.6 Å². The minimum absolute atomic E-state index is 0.332. The van der Waals surface area contributed by atoms with Crippen LogP contribution in [0.3, 0.4) is 0 Å². The van der Waals surface area contributed by atoms with Gasteiger partial charge in [-0.3, -0.25) is 5.32 Å². The molecule has 0 aliphatic heterocycles. The molecule has 6 heteroatoms. The fraction of sp³-hybridized carbons (Fsp3) is 0.333. The first-order valence-electron chi connectivity index (χ1n) is 4.37. The number of aromatic nitrogens is 1. The Bertz CT molecular complexity index is 333. The summed E-state index contributed by atoms with van der Waals surface area (Å²) in [6.45, 7) is 0.916. The minimum atomic E-state index is -0.332. The van der Waals surface area contributed by atoms with E-state index >= 15 is 0 Å². The monoisotopic (exact) mass is 229 g/mol. The van der Waals surface area contributed by atoms with Gasteiger partial charge in [0.2, 0.25) is 0 Å². The second-order valence-corrected chi connectivity index (χ2v) is 3.17. The van der Waals surface area contributed by atoms with Crippen LogP contribution in [0.2, 0.25) is 5.02 Å². The summed E-state index contributed by atoms with van der Waals surface area (Å²) in [4.78, 5) is 15.2. The van der Waals surface area contributed by atoms with E-state index in [9.17, 15) is 4.79 Å². The molecule has 1 aromatic heterocycles. The normalized spacial score (nSPS) is 9.73. The molecule has 0 aliphatic rings. The summed E-state index contributed by atoms with van der Waals surface area (Å²) < 4.78 is 4.78. The third-order valence-corrected chi connectivity index (χ3v) is 1.79. The molecule has 0 spiro atoms. The van der Waals surface area contributed by atoms with Gasteiger partial charge in [-0.2, -0.15) is 0 Å². The first-order chi connectivity index (χ1) is 7.22. The third-order valence-electron chi connectivity index (χ3n) is 1.56. The Morgan fingerprint density at radius 2 is 2.47 bits per heavy atom. The Hall–Kier alpha value is -1.33. The van der Waals surface area contributed by atoms with Crippen molar-refractivity contribution in [3.8, 4) is 0 Å². The second-order valence-electron chi connectivity index (χ2n) is 2.73. The van der Waals surface area contributed by atoms with Crippen molar-refractivity contribution in [2.24, 2.45) is 0 Å². The van der Waals surface area contributed by atoms with Crippen LogP contribution in [0.25, 0.3) is 0 Å². The first-order valence-corrected chi connectivity index (χ1v) is 4.75. The number of halogens is 1. The minimum Gasteiger partial charge on any atom is -0.383 e. The molecule has 5 nitrogen and oxygen atoms in total. The molecule has 2 amide bonds. The molecule has 0 aliphatic carbocycles. The van der Waals surface area contributed by atoms with Crippen molar-refractivity contribution in [1.29, 1.82) is 0 Å². The van der Waals surface area contributed by atoms with E-state index in [1.165, 1.54) is 6.20 Å². The van der Waals surface area contributed by atoms with Gasteiger partial charge in [0.05, 0.1) is 6.61 Å². The van der Waals surface area contributed by atoms with Crippen LogP contribution < -0.4 is 10.6 Å². The molecule has 1 aromatic rings. The predicted octanol–water partition coefficient (Wildman–Crippen LogP) is 1.50. The van der Waals surface area contributed by atoms with Crippen LogP contribution in [-0.2, 0) is 4.74 Å². The van der Waals surface area contributed by atoms with E-state index in [1.54, 1.807) is 19.2 Å². The number of carbonyl (C=O) groups is 1. The quantitative estimate of drug-likeness (QED) is 0.770. The van der Waals surface area contributed by atoms with Gasteiger partial charge in [-0.15, -0.1) is 0 Å². The van der Waals surface area contributed by atoms with Gasteiger partial charge < -0.3 is 10.1 Å². The van der Waals surface area contributed by atoms with Crippen molar-refractivity contribution in [1.82, 2.24) is 10.3 Å². The number of carbonyl (C=O) groups excluding carboxylic acids is 1. The van der Waals surface area contributed by atoms with Gasteiger partial charge in [0, 0.05) is 24.9 Å². The standard InChI is InChI=1S/C9H12ClN3O2/c1-15-5-4-12-9(14)13-8-6-7(10)2-3-11-8/h2-3,6H,4-5H2,1H3,(H2,11,12,13,14). The number of ether oxygens (including phenoxy) is 1. The fourth-order valence-corrected chi connectivity index (χ4v) is 1.06. The average molecular weight is 230 g/mol. The Morgan fingerprint density at radius 1 is 1.67 bits per heavy atom. The highest BCUT2D eigenvalue weighted by Gasteiger charge is 2.01. The lowest BCUT2D eigenvalue weighted by molar-refractivity contribution is 0.198. The molecule has 15 heavy (non-hydrogen) atoms. The second kappa shape index (κ2) is 6.21. The highest BCUT2D eigenvalue weighted by atomic mass is 35.5. The van der Waals surface area contributed by atoms with Crippen LogP contribution in [0.15, 0.2) is 18.3 Å². The zero-order valence-corrected chi connectivity index (χ0v) is 9.04. The zero-order valence-electron chi connectivity index (χ0n) is 8.29. The fourth-order valence-electron chi connectivity index (χ4n) is 0.900. The van der Waals surface area contributed by atoms with Gasteiger partial charge >= 0.3 is 6.03 Å². The lowest BCUT2D eigenvalue weighted by Crippen LogP contribution is -2.31. The molecule has 0 radical (unpaired) electrons. The summed E-state index contributed by atoms with van der Waals surface area (Å²) in [5.74, 6) is 0.414. The van der Waals surface area contributed by atoms with Crippen molar-refractivity contribution in [3.05, 3.63) is 23.4 Å². The number of urea groups is 1. The summed E-state index contributed by atoms with van der Waals surface area (Å²) in [5, 5.41) is 5.66. The van der Waals surface area contributed by atoms with Crippen LogP contribution in [0.1, 0.15) is 0 Å². The van der Waals surface area contributed by atoms with Crippen LogP contribution in [-0.4, -0.2) is 31.3 Å². The zero-order chi connectivity index (χ0) is 11.1. The number of anilines is 1. The predicted molar refractivity (Wildman–Crippen MR) is 58.1 cm³/mol. The number of methoxy groups -OCH3 is 1. The van der Waals surface area contributed by atoms with Gasteiger partial charge in [-0.25, -0.2) is 9.78 Å². The van der Waals surface area contributed by atoms with Gasteiger partial charge in [-0.1, -0.05) is 11.6 Å². The number of amides is 2. The lowest BCUT2D eigenvalue weighted by atomic mass is 10.4. The first kappa shape index (κ1) is 11.7. The summed E-state index contributed by atoms with van der Waals surface area (Å²) >= 11 is 5.72. The molecule has 0 unspecified atom stereocenters. The Kier molecular flexibility index (Phi) is 4.86. The Morgan fingerprint density at radius 3 is 3.13 bits per heavy atom. The van der Waals surface area contributed by atoms with Gasteiger partial charge in [0.25, 0.3) is 0 Å². The number of pyridine rings is 1. The number of hydrogen-bond donors (Lipinski definition) is 2. The SMILES string of the molecule is COCCNC(=O)Nc1cc(Cl)ccn1. The van der Waals surface area contributed by atoms with E-state index in [2.05, 4.69) is 15.6 Å². The summed E-state index contributed by atoms with van der Waals surface area (Å²) in [7, 11) is 1.57. The highest BCUT2D eigenvalue weighted by Crippen LogP contribution is 2.11. The van der Waals surface area contributed by atoms with E-state index in [-0.39, 0.29) is 6.03 Å². The topological polar surface area (TPSA) is 63.2 Å². The largest absolute Gasteiger partial charge is 0.383 e. The molecule has 2 N–H and O–H groups in total. The van der Waals surface area contributed by atoms with E-state index in [0.29, 0.717) is 24.0 Å². The maximum Gasteiger partial charge on any atom is 0.320 e. The molecule has 0 fully saturated rings. The molecular formula is C9H12ClN3O2. The molecule has 0 bridgehead atoms. The molecule has 0 atom stereocenters. The van der Waals surface area contributed by atoms with Crippen molar-refractivity contribution < 1.29 is 9.53 Å². The number of hydrogen-bond acceptors (Lipinski definition) is 3.